The van der Waals surface area contributed by atoms with Gasteiger partial charge in [-0.25, -0.2) is 0 Å². The van der Waals surface area contributed by atoms with Crippen molar-refractivity contribution in [1.29, 1.82) is 0 Å². The Kier molecular flexibility index (Phi) is 8.41. The average Bonchev–Trinajstić information content (AvgIpc) is 3.39. The van der Waals surface area contributed by atoms with Gasteiger partial charge in [-0.3, -0.25) is 4.79 Å². The molecule has 0 radical (unpaired) electrons. The molecule has 186 valence electrons. The fourth-order valence-electron chi connectivity index (χ4n) is 3.54. The van der Waals surface area contributed by atoms with Gasteiger partial charge >= 0.3 is 0 Å². The molecule has 4 aromatic rings. The number of amides is 1. The van der Waals surface area contributed by atoms with Crippen LogP contribution in [0.15, 0.2) is 77.3 Å². The highest BCUT2D eigenvalue weighted by atomic mass is 35.5. The Labute approximate surface area is 214 Å². The third-order valence-corrected chi connectivity index (χ3v) is 5.70. The van der Waals surface area contributed by atoms with Crippen LogP contribution in [0.4, 0.5) is 0 Å². The Morgan fingerprint density at radius 2 is 1.72 bits per heavy atom. The number of nitrogens with zero attached hydrogens (tertiary/aromatic N) is 3. The topological polar surface area (TPSA) is 86.9 Å². The number of benzene rings is 3. The second-order valence-electron chi connectivity index (χ2n) is 7.87. The first-order valence-electron chi connectivity index (χ1n) is 11.3. The molecule has 9 heteroatoms. The molecule has 0 bridgehead atoms. The number of ether oxygens (including phenoxy) is 3. The Morgan fingerprint density at radius 1 is 0.972 bits per heavy atom. The molecule has 8 nitrogen and oxygen atoms in total. The van der Waals surface area contributed by atoms with Gasteiger partial charge in [0.05, 0.1) is 14.2 Å². The molecule has 3 aromatic carbocycles. The van der Waals surface area contributed by atoms with Crippen LogP contribution in [-0.2, 0) is 17.8 Å². The summed E-state index contributed by atoms with van der Waals surface area (Å²) in [5, 5.41) is 4.69. The first kappa shape index (κ1) is 25.1. The van der Waals surface area contributed by atoms with E-state index < -0.39 is 0 Å². The fraction of sp³-hybridized carbons (Fsp3) is 0.222. The Balaban J connectivity index is 1.43. The summed E-state index contributed by atoms with van der Waals surface area (Å²) in [6.07, 6.45) is 0.389. The van der Waals surface area contributed by atoms with Gasteiger partial charge in [0.1, 0.15) is 5.75 Å². The van der Waals surface area contributed by atoms with E-state index in [9.17, 15) is 4.79 Å². The average molecular weight is 508 g/mol. The zero-order chi connectivity index (χ0) is 25.3. The van der Waals surface area contributed by atoms with Gasteiger partial charge in [0, 0.05) is 30.1 Å². The number of aromatic nitrogens is 2. The Bertz CT molecular complexity index is 1280. The lowest BCUT2D eigenvalue weighted by atomic mass is 10.2. The van der Waals surface area contributed by atoms with Crippen LogP contribution in [-0.4, -0.2) is 48.3 Å². The molecule has 0 aliphatic rings. The van der Waals surface area contributed by atoms with E-state index in [1.165, 1.54) is 0 Å². The molecule has 0 unspecified atom stereocenters. The molecule has 1 amide bonds. The molecule has 0 spiro atoms. The van der Waals surface area contributed by atoms with Crippen LogP contribution in [0.2, 0.25) is 5.02 Å². The molecule has 0 saturated carbocycles. The number of methoxy groups -OCH3 is 2. The lowest BCUT2D eigenvalue weighted by Gasteiger charge is -2.22. The molecular formula is C27H26ClN3O5. The van der Waals surface area contributed by atoms with Crippen molar-refractivity contribution in [3.05, 3.63) is 89.3 Å². The van der Waals surface area contributed by atoms with Gasteiger partial charge in [0.2, 0.25) is 11.7 Å². The lowest BCUT2D eigenvalue weighted by Crippen LogP contribution is -2.36. The van der Waals surface area contributed by atoms with Crippen molar-refractivity contribution in [1.82, 2.24) is 15.0 Å². The quantitative estimate of drug-likeness (QED) is 0.280. The van der Waals surface area contributed by atoms with Crippen molar-refractivity contribution in [2.24, 2.45) is 0 Å². The third kappa shape index (κ3) is 6.55. The maximum Gasteiger partial charge on any atom is 0.260 e. The van der Waals surface area contributed by atoms with Crippen LogP contribution in [0.3, 0.4) is 0 Å². The van der Waals surface area contributed by atoms with E-state index in [-0.39, 0.29) is 12.5 Å². The van der Waals surface area contributed by atoms with Crippen molar-refractivity contribution in [2.45, 2.75) is 13.0 Å². The van der Waals surface area contributed by atoms with E-state index in [0.29, 0.717) is 53.5 Å². The summed E-state index contributed by atoms with van der Waals surface area (Å²) in [5.41, 5.74) is 1.74. The van der Waals surface area contributed by atoms with Crippen LogP contribution < -0.4 is 14.2 Å². The Morgan fingerprint density at radius 3 is 2.44 bits per heavy atom. The highest BCUT2D eigenvalue weighted by Crippen LogP contribution is 2.31. The Hall–Kier alpha value is -4.04. The van der Waals surface area contributed by atoms with E-state index in [1.54, 1.807) is 55.5 Å². The summed E-state index contributed by atoms with van der Waals surface area (Å²) < 4.78 is 21.8. The molecular weight excluding hydrogens is 482 g/mol. The van der Waals surface area contributed by atoms with Crippen molar-refractivity contribution in [3.8, 4) is 28.6 Å². The van der Waals surface area contributed by atoms with E-state index in [0.717, 1.165) is 11.1 Å². The summed E-state index contributed by atoms with van der Waals surface area (Å²) in [6.45, 7) is 0.709. The molecule has 1 heterocycles. The number of hydrogen-bond acceptors (Lipinski definition) is 7. The summed E-state index contributed by atoms with van der Waals surface area (Å²) >= 11 is 5.92. The normalized spacial score (nSPS) is 10.6. The molecule has 0 aliphatic heterocycles. The van der Waals surface area contributed by atoms with Crippen LogP contribution in [0.1, 0.15) is 11.5 Å². The van der Waals surface area contributed by atoms with Gasteiger partial charge in [-0.2, -0.15) is 4.98 Å². The molecule has 4 rings (SSSR count). The lowest BCUT2D eigenvalue weighted by molar-refractivity contribution is -0.134. The minimum atomic E-state index is -0.159. The first-order chi connectivity index (χ1) is 17.6. The first-order valence-corrected chi connectivity index (χ1v) is 11.7. The smallest absolute Gasteiger partial charge is 0.260 e. The largest absolute Gasteiger partial charge is 0.493 e. The van der Waals surface area contributed by atoms with E-state index in [1.807, 2.05) is 36.4 Å². The summed E-state index contributed by atoms with van der Waals surface area (Å²) in [5.74, 6) is 2.45. The second kappa shape index (κ2) is 12.1. The monoisotopic (exact) mass is 507 g/mol. The summed E-state index contributed by atoms with van der Waals surface area (Å²) in [7, 11) is 3.14. The van der Waals surface area contributed by atoms with Crippen molar-refractivity contribution in [2.75, 3.05) is 27.4 Å². The van der Waals surface area contributed by atoms with E-state index >= 15 is 0 Å². The predicted octanol–water partition coefficient (Wildman–Crippen LogP) is 5.06. The highest BCUT2D eigenvalue weighted by Gasteiger charge is 2.18. The molecule has 36 heavy (non-hydrogen) atoms. The van der Waals surface area contributed by atoms with Crippen molar-refractivity contribution in [3.63, 3.8) is 0 Å². The third-order valence-electron chi connectivity index (χ3n) is 5.45. The number of carbonyl (C=O) groups excluding carboxylic acids is 1. The maximum absolute atomic E-state index is 13.0. The second-order valence-corrected chi connectivity index (χ2v) is 8.31. The van der Waals surface area contributed by atoms with E-state index in [2.05, 4.69) is 10.1 Å². The van der Waals surface area contributed by atoms with Crippen molar-refractivity contribution >= 4 is 17.5 Å². The molecule has 0 fully saturated rings. The highest BCUT2D eigenvalue weighted by molar-refractivity contribution is 6.30. The van der Waals surface area contributed by atoms with Crippen LogP contribution in [0.25, 0.3) is 11.4 Å². The SMILES string of the molecule is COc1ccc(-c2noc(CCN(Cc3ccccc3)C(=O)COc3ccc(Cl)cc3)n2)cc1OC. The number of hydrogen-bond donors (Lipinski definition) is 0. The predicted molar refractivity (Wildman–Crippen MR) is 135 cm³/mol. The van der Waals surface area contributed by atoms with Crippen LogP contribution in [0.5, 0.6) is 17.2 Å². The van der Waals surface area contributed by atoms with Gasteiger partial charge < -0.3 is 23.6 Å². The van der Waals surface area contributed by atoms with Gasteiger partial charge in [0.25, 0.3) is 5.91 Å². The number of rotatable bonds is 11. The van der Waals surface area contributed by atoms with Gasteiger partial charge in [-0.1, -0.05) is 47.1 Å². The van der Waals surface area contributed by atoms with E-state index in [4.69, 9.17) is 30.3 Å². The van der Waals surface area contributed by atoms with Gasteiger partial charge in [-0.05, 0) is 48.0 Å². The van der Waals surface area contributed by atoms with Gasteiger partial charge in [0.15, 0.2) is 18.1 Å². The zero-order valence-corrected chi connectivity index (χ0v) is 20.8. The summed E-state index contributed by atoms with van der Waals surface area (Å²) in [6, 6.07) is 22.1. The number of halogens is 1. The minimum absolute atomic E-state index is 0.102. The van der Waals surface area contributed by atoms with Gasteiger partial charge in [-0.15, -0.1) is 0 Å². The minimum Gasteiger partial charge on any atom is -0.493 e. The molecule has 0 aliphatic carbocycles. The fourth-order valence-corrected chi connectivity index (χ4v) is 3.67. The van der Waals surface area contributed by atoms with Crippen LogP contribution >= 0.6 is 11.6 Å². The van der Waals surface area contributed by atoms with Crippen molar-refractivity contribution < 1.29 is 23.5 Å². The molecule has 0 atom stereocenters. The molecule has 0 N–H and O–H groups in total. The summed E-state index contributed by atoms with van der Waals surface area (Å²) in [4.78, 5) is 19.3. The standard InChI is InChI=1S/C27H26ClN3O5/c1-33-23-13-8-20(16-24(23)34-2)27-29-25(36-30-27)14-15-31(17-19-6-4-3-5-7-19)26(32)18-35-22-11-9-21(28)10-12-22/h3-13,16H,14-15,17-18H2,1-2H3. The molecule has 0 saturated heterocycles. The zero-order valence-electron chi connectivity index (χ0n) is 20.0. The molecule has 1 aromatic heterocycles. The van der Waals surface area contributed by atoms with Crippen LogP contribution in [0, 0.1) is 0 Å². The number of carbonyl (C=O) groups is 1. The maximum atomic E-state index is 13.0.